The smallest absolute Gasteiger partial charge is 0.0656 e. The standard InChI is InChI=1S/C27H38Si2/c1-18-11-10-12-24(13-18)28(17-27-22(5)20(3)21(4)23(27)6)25-14-19(2)15-26(16-25)29(7,8)9/h10-16,22,28H,17H2,1-9H3. The van der Waals surface area contributed by atoms with Crippen molar-refractivity contribution in [2.24, 2.45) is 5.92 Å². The molecule has 3 rings (SSSR count). The van der Waals surface area contributed by atoms with E-state index in [1.165, 1.54) is 22.7 Å². The van der Waals surface area contributed by atoms with Gasteiger partial charge in [0.15, 0.2) is 0 Å². The monoisotopic (exact) mass is 418 g/mol. The molecule has 0 nitrogen and oxygen atoms in total. The van der Waals surface area contributed by atoms with Crippen LogP contribution in [0.4, 0.5) is 0 Å². The summed E-state index contributed by atoms with van der Waals surface area (Å²) < 4.78 is 0. The topological polar surface area (TPSA) is 0 Å². The summed E-state index contributed by atoms with van der Waals surface area (Å²) in [6, 6.07) is 18.1. The highest BCUT2D eigenvalue weighted by Crippen LogP contribution is 2.39. The maximum absolute atomic E-state index is 2.58. The van der Waals surface area contributed by atoms with Crippen molar-refractivity contribution in [3.8, 4) is 0 Å². The van der Waals surface area contributed by atoms with Gasteiger partial charge in [-0.15, -0.1) is 0 Å². The molecule has 1 aliphatic rings. The first-order chi connectivity index (χ1) is 13.5. The molecule has 0 aromatic heterocycles. The lowest BCUT2D eigenvalue weighted by Crippen LogP contribution is -2.47. The minimum absolute atomic E-state index is 0.594. The molecule has 2 heteroatoms. The molecule has 2 aromatic carbocycles. The van der Waals surface area contributed by atoms with Crippen LogP contribution in [0.5, 0.6) is 0 Å². The fourth-order valence-electron chi connectivity index (χ4n) is 4.76. The van der Waals surface area contributed by atoms with Crippen molar-refractivity contribution < 1.29 is 0 Å². The first-order valence-corrected chi connectivity index (χ1v) is 16.5. The van der Waals surface area contributed by atoms with E-state index < -0.39 is 16.9 Å². The minimum Gasteiger partial charge on any atom is -0.0656 e. The Balaban J connectivity index is 2.13. The van der Waals surface area contributed by atoms with Crippen LogP contribution in [0.25, 0.3) is 0 Å². The van der Waals surface area contributed by atoms with E-state index >= 15 is 0 Å². The molecule has 2 aromatic rings. The van der Waals surface area contributed by atoms with Gasteiger partial charge in [-0.1, -0.05) is 107 Å². The van der Waals surface area contributed by atoms with E-state index in [1.54, 1.807) is 32.3 Å². The minimum atomic E-state index is -1.35. The summed E-state index contributed by atoms with van der Waals surface area (Å²) in [6.45, 7) is 21.3. The molecule has 0 radical (unpaired) electrons. The van der Waals surface area contributed by atoms with Gasteiger partial charge in [-0.2, -0.15) is 0 Å². The first-order valence-electron chi connectivity index (χ1n) is 11.0. The third-order valence-electron chi connectivity index (χ3n) is 7.04. The highest BCUT2D eigenvalue weighted by Gasteiger charge is 2.29. The Hall–Kier alpha value is -1.65. The molecule has 0 amide bonds. The van der Waals surface area contributed by atoms with Crippen molar-refractivity contribution in [2.45, 2.75) is 67.2 Å². The molecule has 0 saturated heterocycles. The maximum Gasteiger partial charge on any atom is 0.107 e. The lowest BCUT2D eigenvalue weighted by molar-refractivity contribution is 0.812. The van der Waals surface area contributed by atoms with E-state index in [9.17, 15) is 0 Å². The molecule has 0 aliphatic heterocycles. The van der Waals surface area contributed by atoms with Crippen LogP contribution in [0.2, 0.25) is 25.7 Å². The summed E-state index contributed by atoms with van der Waals surface area (Å²) in [5.41, 5.74) is 9.15. The Morgan fingerprint density at radius 1 is 0.793 bits per heavy atom. The van der Waals surface area contributed by atoms with Crippen molar-refractivity contribution >= 4 is 32.4 Å². The van der Waals surface area contributed by atoms with Gasteiger partial charge in [0.1, 0.15) is 8.80 Å². The molecule has 1 aliphatic carbocycles. The molecular weight excluding hydrogens is 380 g/mol. The number of hydrogen-bond acceptors (Lipinski definition) is 0. The van der Waals surface area contributed by atoms with Crippen LogP contribution in [0.1, 0.15) is 38.8 Å². The van der Waals surface area contributed by atoms with Crippen molar-refractivity contribution in [1.29, 1.82) is 0 Å². The lowest BCUT2D eigenvalue weighted by atomic mass is 10.00. The molecular formula is C27H38Si2. The zero-order chi connectivity index (χ0) is 21.5. The highest BCUT2D eigenvalue weighted by atomic mass is 28.3. The maximum atomic E-state index is 2.58. The molecule has 154 valence electrons. The molecule has 0 heterocycles. The average molecular weight is 419 g/mol. The number of benzene rings is 2. The van der Waals surface area contributed by atoms with Crippen molar-refractivity contribution in [2.75, 3.05) is 0 Å². The zero-order valence-corrected chi connectivity index (χ0v) is 22.1. The van der Waals surface area contributed by atoms with E-state index in [-0.39, 0.29) is 0 Å². The van der Waals surface area contributed by atoms with E-state index in [2.05, 4.69) is 104 Å². The van der Waals surface area contributed by atoms with Crippen LogP contribution in [0, 0.1) is 19.8 Å². The Bertz CT molecular complexity index is 986. The second kappa shape index (κ2) is 8.24. The van der Waals surface area contributed by atoms with E-state index in [4.69, 9.17) is 0 Å². The summed E-state index contributed by atoms with van der Waals surface area (Å²) in [5.74, 6) is 0.594. The van der Waals surface area contributed by atoms with Gasteiger partial charge in [-0.05, 0) is 57.7 Å². The quantitative estimate of drug-likeness (QED) is 0.563. The Morgan fingerprint density at radius 2 is 1.45 bits per heavy atom. The second-order valence-corrected chi connectivity index (χ2v) is 18.2. The molecule has 0 bridgehead atoms. The SMILES string of the molecule is CC1=C(C)C(C)C(C[SiH](c2cccc(C)c2)c2cc(C)cc([Si](C)(C)C)c2)=C1C. The number of rotatable bonds is 5. The van der Waals surface area contributed by atoms with Crippen LogP contribution < -0.4 is 15.6 Å². The average Bonchev–Trinajstić information content (AvgIpc) is 2.82. The number of allylic oxidation sites excluding steroid dienone is 4. The van der Waals surface area contributed by atoms with Crippen molar-refractivity contribution in [1.82, 2.24) is 0 Å². The van der Waals surface area contributed by atoms with Crippen LogP contribution in [-0.2, 0) is 0 Å². The van der Waals surface area contributed by atoms with E-state index in [1.807, 2.05) is 0 Å². The molecule has 29 heavy (non-hydrogen) atoms. The van der Waals surface area contributed by atoms with E-state index in [0.717, 1.165) is 0 Å². The molecule has 0 saturated carbocycles. The van der Waals surface area contributed by atoms with Crippen LogP contribution >= 0.6 is 0 Å². The largest absolute Gasteiger partial charge is 0.107 e. The molecule has 0 N–H and O–H groups in total. The summed E-state index contributed by atoms with van der Waals surface area (Å²) >= 11 is 0. The predicted molar refractivity (Wildman–Crippen MR) is 137 cm³/mol. The van der Waals surface area contributed by atoms with Crippen LogP contribution in [0.3, 0.4) is 0 Å². The highest BCUT2D eigenvalue weighted by molar-refractivity contribution is 6.90. The normalized spacial score (nSPS) is 18.6. The van der Waals surface area contributed by atoms with E-state index in [0.29, 0.717) is 5.92 Å². The molecule has 0 fully saturated rings. The van der Waals surface area contributed by atoms with Gasteiger partial charge >= 0.3 is 0 Å². The summed E-state index contributed by atoms with van der Waals surface area (Å²) in [5, 5.41) is 4.82. The number of aryl methyl sites for hydroxylation is 2. The van der Waals surface area contributed by atoms with Crippen LogP contribution in [-0.4, -0.2) is 16.9 Å². The molecule has 2 unspecified atom stereocenters. The second-order valence-electron chi connectivity index (χ2n) is 10.2. The molecule has 2 atom stereocenters. The molecule has 0 spiro atoms. The van der Waals surface area contributed by atoms with Gasteiger partial charge in [0.25, 0.3) is 0 Å². The van der Waals surface area contributed by atoms with Gasteiger partial charge in [-0.25, -0.2) is 0 Å². The third-order valence-corrected chi connectivity index (χ3v) is 12.2. The van der Waals surface area contributed by atoms with Gasteiger partial charge in [0, 0.05) is 0 Å². The zero-order valence-electron chi connectivity index (χ0n) is 19.9. The van der Waals surface area contributed by atoms with Gasteiger partial charge < -0.3 is 0 Å². The Kier molecular flexibility index (Phi) is 6.26. The Labute approximate surface area is 181 Å². The predicted octanol–water partition coefficient (Wildman–Crippen LogP) is 5.49. The summed E-state index contributed by atoms with van der Waals surface area (Å²) in [7, 11) is -2.70. The lowest BCUT2D eigenvalue weighted by Gasteiger charge is -2.25. The fourth-order valence-corrected chi connectivity index (χ4v) is 9.79. The van der Waals surface area contributed by atoms with Crippen molar-refractivity contribution in [3.63, 3.8) is 0 Å². The number of hydrogen-bond donors (Lipinski definition) is 0. The Morgan fingerprint density at radius 3 is 2.00 bits per heavy atom. The van der Waals surface area contributed by atoms with Gasteiger partial charge in [-0.3, -0.25) is 0 Å². The van der Waals surface area contributed by atoms with Crippen molar-refractivity contribution in [3.05, 3.63) is 75.9 Å². The summed E-state index contributed by atoms with van der Waals surface area (Å²) in [4.78, 5) is 0. The fraction of sp³-hybridized carbons (Fsp3) is 0.407. The summed E-state index contributed by atoms with van der Waals surface area (Å²) in [6.07, 6.45) is 0. The van der Waals surface area contributed by atoms with Gasteiger partial charge in [0.2, 0.25) is 0 Å². The van der Waals surface area contributed by atoms with Gasteiger partial charge in [0.05, 0.1) is 8.07 Å². The first kappa shape index (κ1) is 22.0. The van der Waals surface area contributed by atoms with Crippen LogP contribution in [0.15, 0.2) is 64.8 Å². The third kappa shape index (κ3) is 4.59.